The quantitative estimate of drug-likeness (QED) is 0.581. The lowest BCUT2D eigenvalue weighted by Crippen LogP contribution is -2.38. The van der Waals surface area contributed by atoms with Gasteiger partial charge in [0.1, 0.15) is 5.75 Å². The molecule has 1 amide bonds. The second kappa shape index (κ2) is 9.80. The predicted octanol–water partition coefficient (Wildman–Crippen LogP) is 4.33. The van der Waals surface area contributed by atoms with Crippen LogP contribution in [0, 0.1) is 0 Å². The number of fused-ring (bicyclic) bond motifs is 1. The summed E-state index contributed by atoms with van der Waals surface area (Å²) in [6.45, 7) is 0.0824. The van der Waals surface area contributed by atoms with E-state index in [2.05, 4.69) is 5.32 Å². The fourth-order valence-electron chi connectivity index (χ4n) is 3.52. The molecule has 158 valence electrons. The summed E-state index contributed by atoms with van der Waals surface area (Å²) in [5, 5.41) is 3.28. The van der Waals surface area contributed by atoms with Crippen LogP contribution in [0.5, 0.6) is 5.75 Å². The maximum Gasteiger partial charge on any atom is 0.344 e. The van der Waals surface area contributed by atoms with Crippen molar-refractivity contribution in [1.82, 2.24) is 0 Å². The van der Waals surface area contributed by atoms with E-state index in [1.807, 2.05) is 66.7 Å². The number of carbonyl (C=O) groups excluding carboxylic acids is 2. The Kier molecular flexibility index (Phi) is 6.47. The first kappa shape index (κ1) is 20.5. The summed E-state index contributed by atoms with van der Waals surface area (Å²) >= 11 is 0. The number of amides is 1. The van der Waals surface area contributed by atoms with Gasteiger partial charge in [0, 0.05) is 23.6 Å². The highest BCUT2D eigenvalue weighted by Crippen LogP contribution is 2.26. The molecule has 0 saturated carbocycles. The number of ether oxygens (including phenoxy) is 2. The first-order chi connectivity index (χ1) is 15.2. The zero-order valence-electron chi connectivity index (χ0n) is 17.1. The van der Waals surface area contributed by atoms with Crippen molar-refractivity contribution in [3.8, 4) is 5.75 Å². The second-order valence-corrected chi connectivity index (χ2v) is 7.24. The number of rotatable bonds is 7. The fourth-order valence-corrected chi connectivity index (χ4v) is 3.52. The van der Waals surface area contributed by atoms with Crippen LogP contribution in [0.25, 0.3) is 0 Å². The summed E-state index contributed by atoms with van der Waals surface area (Å²) in [7, 11) is 0. The minimum Gasteiger partial charge on any atom is -0.482 e. The van der Waals surface area contributed by atoms with E-state index in [0.29, 0.717) is 12.3 Å². The predicted molar refractivity (Wildman–Crippen MR) is 120 cm³/mol. The van der Waals surface area contributed by atoms with E-state index >= 15 is 0 Å². The van der Waals surface area contributed by atoms with Gasteiger partial charge < -0.3 is 19.7 Å². The van der Waals surface area contributed by atoms with Gasteiger partial charge in [-0.2, -0.15) is 0 Å². The molecular weight excluding hydrogens is 392 g/mol. The molecule has 0 spiro atoms. The minimum absolute atomic E-state index is 0.225. The molecule has 1 aliphatic rings. The number of carbonyl (C=O) groups is 2. The van der Waals surface area contributed by atoms with Crippen LogP contribution in [0.1, 0.15) is 12.0 Å². The Labute approximate surface area is 181 Å². The summed E-state index contributed by atoms with van der Waals surface area (Å²) in [5.74, 6) is -0.256. The number of nitrogens with one attached hydrogen (secondary N) is 1. The summed E-state index contributed by atoms with van der Waals surface area (Å²) in [4.78, 5) is 26.2. The van der Waals surface area contributed by atoms with Gasteiger partial charge in [-0.15, -0.1) is 0 Å². The first-order valence-electron chi connectivity index (χ1n) is 10.3. The van der Waals surface area contributed by atoms with Gasteiger partial charge in [-0.1, -0.05) is 36.4 Å². The Morgan fingerprint density at radius 1 is 0.839 bits per heavy atom. The number of hydrogen-bond acceptors (Lipinski definition) is 5. The maximum atomic E-state index is 12.5. The Bertz CT molecular complexity index is 1030. The van der Waals surface area contributed by atoms with Gasteiger partial charge in [-0.25, -0.2) is 4.79 Å². The zero-order valence-corrected chi connectivity index (χ0v) is 17.1. The molecule has 0 bridgehead atoms. The summed E-state index contributed by atoms with van der Waals surface area (Å²) in [6.07, 6.45) is 1.85. The summed E-state index contributed by atoms with van der Waals surface area (Å²) in [6, 6.07) is 24.9. The molecule has 1 heterocycles. The van der Waals surface area contributed by atoms with E-state index in [1.165, 1.54) is 0 Å². The lowest BCUT2D eigenvalue weighted by atomic mass is 10.0. The molecule has 31 heavy (non-hydrogen) atoms. The molecule has 6 nitrogen and oxygen atoms in total. The first-order valence-corrected chi connectivity index (χ1v) is 10.3. The van der Waals surface area contributed by atoms with Gasteiger partial charge in [0.25, 0.3) is 5.91 Å². The number of anilines is 3. The van der Waals surface area contributed by atoms with Gasteiger partial charge in [0.15, 0.2) is 13.2 Å². The number of nitrogens with zero attached hydrogens (tertiary/aromatic N) is 1. The normalized spacial score (nSPS) is 12.6. The molecule has 0 aromatic heterocycles. The van der Waals surface area contributed by atoms with Gasteiger partial charge in [-0.3, -0.25) is 4.79 Å². The monoisotopic (exact) mass is 416 g/mol. The standard InChI is InChI=1S/C25H24N2O4/c28-24(27-16-6-8-19-7-4-5-11-23(19)27)17-31-25(29)18-30-22-14-12-21(13-15-22)26-20-9-2-1-3-10-20/h1-5,7,9-15,26H,6,8,16-18H2. The Morgan fingerprint density at radius 2 is 1.55 bits per heavy atom. The lowest BCUT2D eigenvalue weighted by Gasteiger charge is -2.29. The molecule has 4 rings (SSSR count). The van der Waals surface area contributed by atoms with Crippen LogP contribution in [0.2, 0.25) is 0 Å². The van der Waals surface area contributed by atoms with Crippen molar-refractivity contribution < 1.29 is 19.1 Å². The highest BCUT2D eigenvalue weighted by Gasteiger charge is 2.23. The molecule has 3 aromatic rings. The molecule has 3 aromatic carbocycles. The molecule has 6 heteroatoms. The maximum absolute atomic E-state index is 12.5. The highest BCUT2D eigenvalue weighted by molar-refractivity contribution is 5.96. The van der Waals surface area contributed by atoms with Gasteiger partial charge >= 0.3 is 5.97 Å². The van der Waals surface area contributed by atoms with Crippen molar-refractivity contribution in [2.24, 2.45) is 0 Å². The van der Waals surface area contributed by atoms with Crippen molar-refractivity contribution in [3.05, 3.63) is 84.4 Å². The number of esters is 1. The average molecular weight is 416 g/mol. The minimum atomic E-state index is -0.579. The lowest BCUT2D eigenvalue weighted by molar-refractivity contribution is -0.149. The molecule has 0 fully saturated rings. The van der Waals surface area contributed by atoms with E-state index in [-0.39, 0.29) is 19.1 Å². The molecule has 1 aliphatic heterocycles. The molecule has 0 atom stereocenters. The third-order valence-corrected chi connectivity index (χ3v) is 5.04. The van der Waals surface area contributed by atoms with E-state index in [9.17, 15) is 9.59 Å². The van der Waals surface area contributed by atoms with E-state index < -0.39 is 5.97 Å². The summed E-state index contributed by atoms with van der Waals surface area (Å²) in [5.41, 5.74) is 3.94. The van der Waals surface area contributed by atoms with Crippen LogP contribution in [0.4, 0.5) is 17.1 Å². The van der Waals surface area contributed by atoms with Crippen molar-refractivity contribution in [3.63, 3.8) is 0 Å². The van der Waals surface area contributed by atoms with Gasteiger partial charge in [0.05, 0.1) is 0 Å². The van der Waals surface area contributed by atoms with Crippen LogP contribution >= 0.6 is 0 Å². The number of hydrogen-bond donors (Lipinski definition) is 1. The smallest absolute Gasteiger partial charge is 0.344 e. The molecular formula is C25H24N2O4. The van der Waals surface area contributed by atoms with E-state index in [0.717, 1.165) is 35.5 Å². The molecule has 1 N–H and O–H groups in total. The van der Waals surface area contributed by atoms with Crippen LogP contribution in [-0.4, -0.2) is 31.6 Å². The Balaban J connectivity index is 1.23. The fraction of sp³-hybridized carbons (Fsp3) is 0.200. The number of benzene rings is 3. The van der Waals surface area contributed by atoms with Crippen LogP contribution in [0.15, 0.2) is 78.9 Å². The molecule has 0 unspecified atom stereocenters. The van der Waals surface area contributed by atoms with Crippen molar-refractivity contribution >= 4 is 28.9 Å². The van der Waals surface area contributed by atoms with Crippen molar-refractivity contribution in [2.75, 3.05) is 30.0 Å². The number of para-hydroxylation sites is 2. The largest absolute Gasteiger partial charge is 0.482 e. The molecule has 0 aliphatic carbocycles. The second-order valence-electron chi connectivity index (χ2n) is 7.24. The third kappa shape index (κ3) is 5.42. The van der Waals surface area contributed by atoms with Crippen LogP contribution < -0.4 is 15.0 Å². The SMILES string of the molecule is O=C(COc1ccc(Nc2ccccc2)cc1)OCC(=O)N1CCCc2ccccc21. The van der Waals surface area contributed by atoms with Gasteiger partial charge in [0.2, 0.25) is 0 Å². The summed E-state index contributed by atoms with van der Waals surface area (Å²) < 4.78 is 10.6. The Morgan fingerprint density at radius 3 is 2.35 bits per heavy atom. The number of aryl methyl sites for hydroxylation is 1. The van der Waals surface area contributed by atoms with Crippen LogP contribution in [0.3, 0.4) is 0 Å². The highest BCUT2D eigenvalue weighted by atomic mass is 16.6. The molecule has 0 saturated heterocycles. The van der Waals surface area contributed by atoms with Crippen molar-refractivity contribution in [2.45, 2.75) is 12.8 Å². The average Bonchev–Trinajstić information content (AvgIpc) is 2.82. The Hall–Kier alpha value is -3.80. The van der Waals surface area contributed by atoms with E-state index in [1.54, 1.807) is 17.0 Å². The molecule has 0 radical (unpaired) electrons. The van der Waals surface area contributed by atoms with E-state index in [4.69, 9.17) is 9.47 Å². The topological polar surface area (TPSA) is 67.9 Å². The van der Waals surface area contributed by atoms with Crippen molar-refractivity contribution in [1.29, 1.82) is 0 Å². The third-order valence-electron chi connectivity index (χ3n) is 5.04. The van der Waals surface area contributed by atoms with Gasteiger partial charge in [-0.05, 0) is 60.9 Å². The zero-order chi connectivity index (χ0) is 21.5. The van der Waals surface area contributed by atoms with Crippen LogP contribution in [-0.2, 0) is 20.7 Å².